The van der Waals surface area contributed by atoms with Crippen LogP contribution < -0.4 is 14.4 Å². The predicted molar refractivity (Wildman–Crippen MR) is 115 cm³/mol. The second-order valence-corrected chi connectivity index (χ2v) is 7.57. The first-order chi connectivity index (χ1) is 13.0. The molecule has 0 aliphatic carbocycles. The van der Waals surface area contributed by atoms with Crippen LogP contribution in [0.4, 0.5) is 5.69 Å². The fourth-order valence-corrected chi connectivity index (χ4v) is 3.63. The summed E-state index contributed by atoms with van der Waals surface area (Å²) in [5.41, 5.74) is 2.54. The van der Waals surface area contributed by atoms with Gasteiger partial charge in [-0.1, -0.05) is 23.5 Å². The van der Waals surface area contributed by atoms with Crippen molar-refractivity contribution < 1.29 is 9.47 Å². The molecular weight excluding hydrogens is 428 g/mol. The molecule has 0 fully saturated rings. The summed E-state index contributed by atoms with van der Waals surface area (Å²) in [6, 6.07) is 3.96. The molecule has 0 unspecified atom stereocenters. The maximum Gasteiger partial charge on any atom is 0.190 e. The van der Waals surface area contributed by atoms with Gasteiger partial charge in [-0.15, -0.1) is 0 Å². The van der Waals surface area contributed by atoms with E-state index < -0.39 is 0 Å². The number of rotatable bonds is 6. The molecule has 1 aromatic carbocycles. The van der Waals surface area contributed by atoms with E-state index in [4.69, 9.17) is 9.47 Å². The van der Waals surface area contributed by atoms with Gasteiger partial charge in [-0.05, 0) is 28.1 Å². The lowest BCUT2D eigenvalue weighted by molar-refractivity contribution is 0.393. The maximum absolute atomic E-state index is 5.53. The number of methoxy groups -OCH3 is 2. The standard InChI is InChI=1S/C19H19BrN4O2S/c1-24(2)12-9-14(25-3)13(15(10-12)26-4)7-5-6-8-17-23-18-19(27-17)22-16(20)11-21-18/h5-11H,1-4H3/b7-5+,8-6+. The average molecular weight is 447 g/mol. The number of allylic oxidation sites excluding steroid dienone is 2. The summed E-state index contributed by atoms with van der Waals surface area (Å²) in [6.07, 6.45) is 9.37. The number of fused-ring (bicyclic) bond motifs is 1. The Morgan fingerprint density at radius 2 is 1.70 bits per heavy atom. The molecule has 0 bridgehead atoms. The molecule has 0 aliphatic rings. The lowest BCUT2D eigenvalue weighted by Gasteiger charge is -2.17. The Balaban J connectivity index is 1.85. The molecule has 0 aliphatic heterocycles. The highest BCUT2D eigenvalue weighted by molar-refractivity contribution is 9.10. The van der Waals surface area contributed by atoms with Crippen molar-refractivity contribution in [3.05, 3.63) is 45.7 Å². The predicted octanol–water partition coefficient (Wildman–Crippen LogP) is 4.66. The van der Waals surface area contributed by atoms with Crippen LogP contribution in [0.1, 0.15) is 10.6 Å². The zero-order valence-electron chi connectivity index (χ0n) is 15.4. The fourth-order valence-electron chi connectivity index (χ4n) is 2.43. The van der Waals surface area contributed by atoms with E-state index in [2.05, 4.69) is 30.9 Å². The number of thiazole rings is 1. The number of nitrogens with zero attached hydrogens (tertiary/aromatic N) is 4. The Bertz CT molecular complexity index is 989. The topological polar surface area (TPSA) is 60.4 Å². The second kappa shape index (κ2) is 8.49. The Morgan fingerprint density at radius 1 is 1.04 bits per heavy atom. The van der Waals surface area contributed by atoms with Crippen molar-refractivity contribution in [1.29, 1.82) is 0 Å². The largest absolute Gasteiger partial charge is 0.496 e. The van der Waals surface area contributed by atoms with Gasteiger partial charge in [0.15, 0.2) is 10.5 Å². The van der Waals surface area contributed by atoms with Crippen LogP contribution >= 0.6 is 27.3 Å². The Kier molecular flexibility index (Phi) is 6.08. The van der Waals surface area contributed by atoms with Crippen LogP contribution in [-0.4, -0.2) is 43.3 Å². The molecule has 0 atom stereocenters. The summed E-state index contributed by atoms with van der Waals surface area (Å²) < 4.78 is 11.8. The second-order valence-electron chi connectivity index (χ2n) is 5.75. The maximum atomic E-state index is 5.53. The first-order valence-electron chi connectivity index (χ1n) is 8.09. The van der Waals surface area contributed by atoms with Crippen LogP contribution in [0.25, 0.3) is 22.6 Å². The van der Waals surface area contributed by atoms with Gasteiger partial charge in [0.2, 0.25) is 0 Å². The van der Waals surface area contributed by atoms with E-state index in [1.807, 2.05) is 55.4 Å². The van der Waals surface area contributed by atoms with Crippen molar-refractivity contribution >= 4 is 55.6 Å². The number of hydrogen-bond acceptors (Lipinski definition) is 7. The van der Waals surface area contributed by atoms with Gasteiger partial charge in [0.05, 0.1) is 26.0 Å². The van der Waals surface area contributed by atoms with Crippen molar-refractivity contribution in [2.24, 2.45) is 0 Å². The molecule has 0 saturated carbocycles. The minimum absolute atomic E-state index is 0.648. The first kappa shape index (κ1) is 19.3. The van der Waals surface area contributed by atoms with Crippen LogP contribution in [-0.2, 0) is 0 Å². The van der Waals surface area contributed by atoms with Crippen LogP contribution in [0.3, 0.4) is 0 Å². The highest BCUT2D eigenvalue weighted by Crippen LogP contribution is 2.35. The van der Waals surface area contributed by atoms with Gasteiger partial charge in [0.25, 0.3) is 0 Å². The summed E-state index contributed by atoms with van der Waals surface area (Å²) in [5.74, 6) is 1.50. The molecule has 0 saturated heterocycles. The van der Waals surface area contributed by atoms with E-state index in [9.17, 15) is 0 Å². The summed E-state index contributed by atoms with van der Waals surface area (Å²) in [5, 5.41) is 0.842. The zero-order valence-corrected chi connectivity index (χ0v) is 17.8. The van der Waals surface area contributed by atoms with Crippen molar-refractivity contribution in [2.45, 2.75) is 0 Å². The Labute approximate surface area is 170 Å². The number of benzene rings is 1. The number of hydrogen-bond donors (Lipinski definition) is 0. The van der Waals surface area contributed by atoms with Gasteiger partial charge < -0.3 is 14.4 Å². The van der Waals surface area contributed by atoms with E-state index in [0.29, 0.717) is 10.3 Å². The van der Waals surface area contributed by atoms with Gasteiger partial charge in [-0.3, -0.25) is 0 Å². The van der Waals surface area contributed by atoms with Crippen molar-refractivity contribution in [3.63, 3.8) is 0 Å². The fraction of sp³-hybridized carbons (Fsp3) is 0.211. The molecule has 8 heteroatoms. The van der Waals surface area contributed by atoms with Crippen LogP contribution in [0.5, 0.6) is 11.5 Å². The molecule has 0 radical (unpaired) electrons. The van der Waals surface area contributed by atoms with E-state index >= 15 is 0 Å². The Morgan fingerprint density at radius 3 is 2.33 bits per heavy atom. The highest BCUT2D eigenvalue weighted by atomic mass is 79.9. The third-order valence-electron chi connectivity index (χ3n) is 3.77. The summed E-state index contributed by atoms with van der Waals surface area (Å²) in [7, 11) is 7.26. The van der Waals surface area contributed by atoms with E-state index in [1.165, 1.54) is 11.3 Å². The van der Waals surface area contributed by atoms with Gasteiger partial charge in [-0.25, -0.2) is 15.0 Å². The van der Waals surface area contributed by atoms with Gasteiger partial charge in [0.1, 0.15) is 21.1 Å². The molecule has 0 spiro atoms. The molecular formula is C19H19BrN4O2S. The minimum atomic E-state index is 0.648. The monoisotopic (exact) mass is 446 g/mol. The van der Waals surface area contributed by atoms with E-state index in [-0.39, 0.29) is 0 Å². The van der Waals surface area contributed by atoms with E-state index in [1.54, 1.807) is 20.4 Å². The first-order valence-corrected chi connectivity index (χ1v) is 9.70. The lowest BCUT2D eigenvalue weighted by Crippen LogP contribution is -2.09. The average Bonchev–Trinajstić information content (AvgIpc) is 3.06. The molecule has 140 valence electrons. The number of ether oxygens (including phenoxy) is 2. The van der Waals surface area contributed by atoms with Crippen molar-refractivity contribution in [2.75, 3.05) is 33.2 Å². The molecule has 0 N–H and O–H groups in total. The SMILES string of the molecule is COc1cc(N(C)C)cc(OC)c1/C=C/C=C/c1nc2ncc(Br)nc2s1. The van der Waals surface area contributed by atoms with Crippen LogP contribution in [0.2, 0.25) is 0 Å². The zero-order chi connectivity index (χ0) is 19.4. The molecule has 3 rings (SSSR count). The molecule has 3 aromatic rings. The molecule has 2 aromatic heterocycles. The molecule has 27 heavy (non-hydrogen) atoms. The number of halogens is 1. The van der Waals surface area contributed by atoms with Crippen LogP contribution in [0, 0.1) is 0 Å². The van der Waals surface area contributed by atoms with Gasteiger partial charge in [0, 0.05) is 31.9 Å². The third kappa shape index (κ3) is 4.45. The molecule has 0 amide bonds. The number of aromatic nitrogens is 3. The van der Waals surface area contributed by atoms with Gasteiger partial charge in [-0.2, -0.15) is 0 Å². The summed E-state index contributed by atoms with van der Waals surface area (Å²) in [4.78, 5) is 15.9. The van der Waals surface area contributed by atoms with Crippen LogP contribution in [0.15, 0.2) is 35.1 Å². The highest BCUT2D eigenvalue weighted by Gasteiger charge is 2.11. The quantitative estimate of drug-likeness (QED) is 0.513. The van der Waals surface area contributed by atoms with Crippen molar-refractivity contribution in [3.8, 4) is 11.5 Å². The number of anilines is 1. The smallest absolute Gasteiger partial charge is 0.190 e. The lowest BCUT2D eigenvalue weighted by atomic mass is 10.1. The molecule has 2 heterocycles. The Hall–Kier alpha value is -2.45. The summed E-state index contributed by atoms with van der Waals surface area (Å²) in [6.45, 7) is 0. The third-order valence-corrected chi connectivity index (χ3v) is 5.05. The molecule has 6 nitrogen and oxygen atoms in total. The minimum Gasteiger partial charge on any atom is -0.496 e. The van der Waals surface area contributed by atoms with Gasteiger partial charge >= 0.3 is 0 Å². The van der Waals surface area contributed by atoms with Crippen molar-refractivity contribution in [1.82, 2.24) is 15.0 Å². The normalized spacial score (nSPS) is 11.6. The summed E-state index contributed by atoms with van der Waals surface area (Å²) >= 11 is 4.81. The van der Waals surface area contributed by atoms with E-state index in [0.717, 1.165) is 32.6 Å².